The van der Waals surface area contributed by atoms with Crippen molar-refractivity contribution in [2.24, 2.45) is 0 Å². The lowest BCUT2D eigenvalue weighted by Gasteiger charge is -2.09. The summed E-state index contributed by atoms with van der Waals surface area (Å²) in [5.41, 5.74) is 0. The zero-order valence-corrected chi connectivity index (χ0v) is 11.7. The Morgan fingerprint density at radius 2 is 1.82 bits per heavy atom. The Morgan fingerprint density at radius 3 is 2.41 bits per heavy atom. The van der Waals surface area contributed by atoms with Crippen molar-refractivity contribution in [2.45, 2.75) is 45.4 Å². The van der Waals surface area contributed by atoms with E-state index in [0.29, 0.717) is 6.54 Å². The third-order valence-electron chi connectivity index (χ3n) is 2.71. The van der Waals surface area contributed by atoms with Crippen LogP contribution in [0.15, 0.2) is 10.7 Å². The molecule has 5 heteroatoms. The molecule has 0 aliphatic carbocycles. The summed E-state index contributed by atoms with van der Waals surface area (Å²) in [4.78, 5) is 25.4. The molecule has 0 N–H and O–H groups in total. The van der Waals surface area contributed by atoms with Gasteiger partial charge >= 0.3 is 6.09 Å². The van der Waals surface area contributed by atoms with Crippen LogP contribution in [0.2, 0.25) is 0 Å². The first-order valence-electron chi connectivity index (χ1n) is 6.04. The highest BCUT2D eigenvalue weighted by Gasteiger charge is 2.35. The predicted molar refractivity (Wildman–Crippen MR) is 68.6 cm³/mol. The smallest absolute Gasteiger partial charge is 0.403 e. The Balaban J connectivity index is 2.23. The van der Waals surface area contributed by atoms with Gasteiger partial charge < -0.3 is 4.74 Å². The fraction of sp³-hybridized carbons (Fsp3) is 0.667. The van der Waals surface area contributed by atoms with Gasteiger partial charge in [0.2, 0.25) is 5.76 Å². The molecule has 1 aliphatic heterocycles. The summed E-state index contributed by atoms with van der Waals surface area (Å²) >= 11 is 3.00. The summed E-state index contributed by atoms with van der Waals surface area (Å²) in [6.45, 7) is 2.63. The largest absolute Gasteiger partial charge is 0.422 e. The second kappa shape index (κ2) is 7.48. The minimum Gasteiger partial charge on any atom is -0.403 e. The molecule has 0 saturated carbocycles. The van der Waals surface area contributed by atoms with Gasteiger partial charge in [0.15, 0.2) is 0 Å². The summed E-state index contributed by atoms with van der Waals surface area (Å²) in [5.74, 6) is -0.276. The Morgan fingerprint density at radius 1 is 1.18 bits per heavy atom. The van der Waals surface area contributed by atoms with Crippen molar-refractivity contribution in [2.75, 3.05) is 6.54 Å². The van der Waals surface area contributed by atoms with E-state index in [1.54, 1.807) is 0 Å². The number of imide groups is 1. The van der Waals surface area contributed by atoms with Gasteiger partial charge in [0, 0.05) is 11.5 Å². The highest BCUT2D eigenvalue weighted by atomic mass is 79.9. The van der Waals surface area contributed by atoms with Crippen LogP contribution < -0.4 is 0 Å². The Bertz CT molecular complexity index is 315. The van der Waals surface area contributed by atoms with Crippen molar-refractivity contribution in [1.29, 1.82) is 0 Å². The SMILES string of the molecule is CCCCCCCCN1C(=O)OC(=CBr)C1=O. The van der Waals surface area contributed by atoms with Crippen LogP contribution in [-0.4, -0.2) is 23.4 Å². The molecule has 0 aromatic heterocycles. The summed E-state index contributed by atoms with van der Waals surface area (Å²) in [6, 6.07) is 0. The highest BCUT2D eigenvalue weighted by Crippen LogP contribution is 2.18. The second-order valence-electron chi connectivity index (χ2n) is 4.07. The summed E-state index contributed by atoms with van der Waals surface area (Å²) in [6.07, 6.45) is 6.18. The first-order valence-corrected chi connectivity index (χ1v) is 6.96. The number of halogens is 1. The van der Waals surface area contributed by atoms with E-state index in [9.17, 15) is 9.59 Å². The molecule has 0 atom stereocenters. The first-order chi connectivity index (χ1) is 8.20. The van der Waals surface area contributed by atoms with Crippen LogP contribution in [-0.2, 0) is 9.53 Å². The summed E-state index contributed by atoms with van der Waals surface area (Å²) in [7, 11) is 0. The van der Waals surface area contributed by atoms with Crippen molar-refractivity contribution in [3.8, 4) is 0 Å². The molecule has 0 aromatic carbocycles. The number of rotatable bonds is 7. The first kappa shape index (κ1) is 14.2. The molecule has 1 fully saturated rings. The third-order valence-corrected chi connectivity index (χ3v) is 3.12. The number of unbranched alkanes of at least 4 members (excludes halogenated alkanes) is 5. The highest BCUT2D eigenvalue weighted by molar-refractivity contribution is 9.11. The number of hydrogen-bond acceptors (Lipinski definition) is 3. The molecule has 17 heavy (non-hydrogen) atoms. The fourth-order valence-corrected chi connectivity index (χ4v) is 2.01. The Labute approximate surface area is 110 Å². The second-order valence-corrected chi connectivity index (χ2v) is 4.52. The number of hydrogen-bond donors (Lipinski definition) is 0. The van der Waals surface area contributed by atoms with E-state index in [4.69, 9.17) is 4.74 Å². The average molecular weight is 304 g/mol. The molecule has 0 aromatic rings. The van der Waals surface area contributed by atoms with Crippen LogP contribution in [0.5, 0.6) is 0 Å². The predicted octanol–water partition coefficient (Wildman–Crippen LogP) is 3.56. The van der Waals surface area contributed by atoms with Gasteiger partial charge in [0.05, 0.1) is 0 Å². The standard InChI is InChI=1S/C12H18BrNO3/c1-2-3-4-5-6-7-8-14-11(15)10(9-13)17-12(14)16/h9H,2-8H2,1H3. The molecule has 0 unspecified atom stereocenters. The Kier molecular flexibility index (Phi) is 6.26. The van der Waals surface area contributed by atoms with E-state index in [2.05, 4.69) is 22.9 Å². The molecule has 4 nitrogen and oxygen atoms in total. The molecule has 1 heterocycles. The zero-order valence-electron chi connectivity index (χ0n) is 10.1. The van der Waals surface area contributed by atoms with E-state index >= 15 is 0 Å². The van der Waals surface area contributed by atoms with E-state index in [0.717, 1.165) is 24.2 Å². The molecular formula is C12H18BrNO3. The van der Waals surface area contributed by atoms with Crippen LogP contribution >= 0.6 is 15.9 Å². The van der Waals surface area contributed by atoms with Gasteiger partial charge in [-0.3, -0.25) is 4.79 Å². The van der Waals surface area contributed by atoms with Crippen LogP contribution in [0.3, 0.4) is 0 Å². The quantitative estimate of drug-likeness (QED) is 0.533. The van der Waals surface area contributed by atoms with Gasteiger partial charge in [-0.15, -0.1) is 0 Å². The molecule has 96 valence electrons. The van der Waals surface area contributed by atoms with Crippen LogP contribution in [0, 0.1) is 0 Å². The van der Waals surface area contributed by atoms with Gasteiger partial charge in [-0.05, 0) is 6.42 Å². The fourth-order valence-electron chi connectivity index (χ4n) is 1.72. The molecule has 0 bridgehead atoms. The lowest BCUT2D eigenvalue weighted by atomic mass is 10.1. The number of cyclic esters (lactones) is 1. The molecule has 0 radical (unpaired) electrons. The number of amides is 2. The van der Waals surface area contributed by atoms with Crippen molar-refractivity contribution in [3.05, 3.63) is 10.7 Å². The maximum absolute atomic E-state index is 11.6. The average Bonchev–Trinajstić information content (AvgIpc) is 2.60. The van der Waals surface area contributed by atoms with Crippen molar-refractivity contribution in [3.63, 3.8) is 0 Å². The van der Waals surface area contributed by atoms with Crippen molar-refractivity contribution in [1.82, 2.24) is 4.90 Å². The lowest BCUT2D eigenvalue weighted by Crippen LogP contribution is -2.29. The number of ether oxygens (including phenoxy) is 1. The van der Waals surface area contributed by atoms with Gasteiger partial charge in [-0.25, -0.2) is 9.69 Å². The summed E-state index contributed by atoms with van der Waals surface area (Å²) in [5, 5.41) is 0. The monoisotopic (exact) mass is 303 g/mol. The maximum atomic E-state index is 11.6. The van der Waals surface area contributed by atoms with Crippen LogP contribution in [0.4, 0.5) is 4.79 Å². The topological polar surface area (TPSA) is 46.6 Å². The molecule has 1 rings (SSSR count). The van der Waals surface area contributed by atoms with E-state index < -0.39 is 6.09 Å². The van der Waals surface area contributed by atoms with E-state index in [1.165, 1.54) is 24.2 Å². The van der Waals surface area contributed by atoms with E-state index in [-0.39, 0.29) is 11.7 Å². The molecule has 1 saturated heterocycles. The van der Waals surface area contributed by atoms with Gasteiger partial charge in [0.1, 0.15) is 0 Å². The van der Waals surface area contributed by atoms with Crippen molar-refractivity contribution >= 4 is 27.9 Å². The molecule has 2 amide bonds. The van der Waals surface area contributed by atoms with Gasteiger partial charge in [-0.2, -0.15) is 0 Å². The number of nitrogens with zero attached hydrogens (tertiary/aromatic N) is 1. The zero-order chi connectivity index (χ0) is 12.7. The van der Waals surface area contributed by atoms with Gasteiger partial charge in [0.25, 0.3) is 5.91 Å². The number of carbonyl (C=O) groups excluding carboxylic acids is 2. The summed E-state index contributed by atoms with van der Waals surface area (Å²) < 4.78 is 4.78. The lowest BCUT2D eigenvalue weighted by molar-refractivity contribution is -0.123. The molecule has 1 aliphatic rings. The maximum Gasteiger partial charge on any atom is 0.422 e. The minimum absolute atomic E-state index is 0.0704. The van der Waals surface area contributed by atoms with Crippen molar-refractivity contribution < 1.29 is 14.3 Å². The van der Waals surface area contributed by atoms with E-state index in [1.807, 2.05) is 0 Å². The number of carbonyl (C=O) groups is 2. The third kappa shape index (κ3) is 4.15. The molecule has 0 spiro atoms. The normalized spacial score (nSPS) is 18.0. The minimum atomic E-state index is -0.561. The Hall–Kier alpha value is -0.840. The van der Waals surface area contributed by atoms with Crippen LogP contribution in [0.25, 0.3) is 0 Å². The van der Waals surface area contributed by atoms with Gasteiger partial charge in [-0.1, -0.05) is 55.0 Å². The molecular weight excluding hydrogens is 286 g/mol. The van der Waals surface area contributed by atoms with Crippen LogP contribution in [0.1, 0.15) is 45.4 Å².